The highest BCUT2D eigenvalue weighted by Crippen LogP contribution is 2.38. The van der Waals surface area contributed by atoms with Gasteiger partial charge in [0.1, 0.15) is 12.0 Å². The summed E-state index contributed by atoms with van der Waals surface area (Å²) in [6.45, 7) is 0. The molecule has 0 spiro atoms. The summed E-state index contributed by atoms with van der Waals surface area (Å²) in [5.74, 6) is -0.817. The van der Waals surface area contributed by atoms with Crippen LogP contribution in [0.4, 0.5) is 13.2 Å². The van der Waals surface area contributed by atoms with Crippen molar-refractivity contribution in [2.75, 3.05) is 0 Å². The molecule has 2 aromatic carbocycles. The predicted octanol–water partition coefficient (Wildman–Crippen LogP) is 3.89. The van der Waals surface area contributed by atoms with Crippen LogP contribution in [0, 0.1) is 0 Å². The largest absolute Gasteiger partial charge is 0.507 e. The first kappa shape index (κ1) is 13.1. The van der Waals surface area contributed by atoms with Crippen molar-refractivity contribution in [3.8, 4) is 16.9 Å². The minimum absolute atomic E-state index is 0.286. The zero-order valence-electron chi connectivity index (χ0n) is 9.61. The van der Waals surface area contributed by atoms with Crippen molar-refractivity contribution in [2.45, 2.75) is 6.18 Å². The number of benzene rings is 2. The van der Waals surface area contributed by atoms with Gasteiger partial charge >= 0.3 is 6.18 Å². The minimum atomic E-state index is -4.62. The molecule has 0 unspecified atom stereocenters. The van der Waals surface area contributed by atoms with Gasteiger partial charge in [-0.05, 0) is 29.3 Å². The Kier molecular flexibility index (Phi) is 3.29. The third-order valence-electron chi connectivity index (χ3n) is 2.66. The van der Waals surface area contributed by atoms with Crippen LogP contribution in [0.1, 0.15) is 15.9 Å². The zero-order chi connectivity index (χ0) is 14.0. The summed E-state index contributed by atoms with van der Waals surface area (Å²) in [5, 5.41) is 9.24. The molecule has 1 N–H and O–H groups in total. The number of aromatic hydroxyl groups is 1. The highest BCUT2D eigenvalue weighted by atomic mass is 19.4. The molecule has 98 valence electrons. The Labute approximate surface area is 107 Å². The summed E-state index contributed by atoms with van der Waals surface area (Å²) < 4.78 is 38.0. The van der Waals surface area contributed by atoms with Crippen molar-refractivity contribution in [3.05, 3.63) is 53.6 Å². The van der Waals surface area contributed by atoms with Crippen LogP contribution < -0.4 is 0 Å². The van der Waals surface area contributed by atoms with E-state index in [1.165, 1.54) is 12.1 Å². The quantitative estimate of drug-likeness (QED) is 0.837. The number of hydrogen-bond donors (Lipinski definition) is 1. The second kappa shape index (κ2) is 4.76. The molecule has 0 amide bonds. The molecule has 0 fully saturated rings. The maximum Gasteiger partial charge on any atom is 0.419 e. The maximum absolute atomic E-state index is 12.7. The number of phenols is 1. The number of carbonyl (C=O) groups is 1. The molecule has 2 nitrogen and oxygen atoms in total. The fraction of sp³-hybridized carbons (Fsp3) is 0.0714. The van der Waals surface area contributed by atoms with Crippen LogP contribution in [0.5, 0.6) is 5.75 Å². The molecule has 2 aromatic rings. The number of hydrogen-bond acceptors (Lipinski definition) is 2. The highest BCUT2D eigenvalue weighted by Gasteiger charge is 2.34. The molecule has 0 bridgehead atoms. The fourth-order valence-corrected chi connectivity index (χ4v) is 1.73. The van der Waals surface area contributed by atoms with Gasteiger partial charge in [-0.1, -0.05) is 24.3 Å². The Hall–Kier alpha value is -2.30. The first-order valence-corrected chi connectivity index (χ1v) is 5.37. The van der Waals surface area contributed by atoms with E-state index in [-0.39, 0.29) is 5.56 Å². The Morgan fingerprint density at radius 3 is 2.32 bits per heavy atom. The predicted molar refractivity (Wildman–Crippen MR) is 63.9 cm³/mol. The Morgan fingerprint density at radius 1 is 1.00 bits per heavy atom. The van der Waals surface area contributed by atoms with E-state index in [1.807, 2.05) is 0 Å². The number of phenolic OH excluding ortho intramolecular Hbond substituents is 1. The molecule has 0 saturated heterocycles. The van der Waals surface area contributed by atoms with Crippen molar-refractivity contribution < 1.29 is 23.1 Å². The van der Waals surface area contributed by atoms with E-state index in [0.29, 0.717) is 17.4 Å². The van der Waals surface area contributed by atoms with Crippen molar-refractivity contribution >= 4 is 6.29 Å². The number of halogens is 3. The second-order valence-corrected chi connectivity index (χ2v) is 3.97. The van der Waals surface area contributed by atoms with Crippen LogP contribution in [0.15, 0.2) is 42.5 Å². The molecule has 0 aliphatic carbocycles. The van der Waals surface area contributed by atoms with Gasteiger partial charge in [-0.15, -0.1) is 0 Å². The van der Waals surface area contributed by atoms with Crippen molar-refractivity contribution in [1.29, 1.82) is 0 Å². The van der Waals surface area contributed by atoms with Crippen molar-refractivity contribution in [1.82, 2.24) is 0 Å². The van der Waals surface area contributed by atoms with Gasteiger partial charge in [0, 0.05) is 5.56 Å². The van der Waals surface area contributed by atoms with E-state index >= 15 is 0 Å². The summed E-state index contributed by atoms with van der Waals surface area (Å²) in [7, 11) is 0. The average molecular weight is 266 g/mol. The van der Waals surface area contributed by atoms with E-state index in [0.717, 1.165) is 12.1 Å². The van der Waals surface area contributed by atoms with Crippen LogP contribution >= 0.6 is 0 Å². The van der Waals surface area contributed by atoms with E-state index in [2.05, 4.69) is 0 Å². The molecule has 2 rings (SSSR count). The molecule has 0 aromatic heterocycles. The van der Waals surface area contributed by atoms with Gasteiger partial charge in [0.15, 0.2) is 0 Å². The van der Waals surface area contributed by atoms with Gasteiger partial charge in [-0.25, -0.2) is 0 Å². The molecule has 0 saturated carbocycles. The molecular weight excluding hydrogens is 257 g/mol. The molecular formula is C14H9F3O2. The Bertz CT molecular complexity index is 618. The summed E-state index contributed by atoms with van der Waals surface area (Å²) >= 11 is 0. The van der Waals surface area contributed by atoms with E-state index in [4.69, 9.17) is 0 Å². The monoisotopic (exact) mass is 266 g/mol. The molecule has 19 heavy (non-hydrogen) atoms. The number of aldehydes is 1. The fourth-order valence-electron chi connectivity index (χ4n) is 1.73. The number of alkyl halides is 3. The average Bonchev–Trinajstić information content (AvgIpc) is 2.38. The molecule has 0 heterocycles. The summed E-state index contributed by atoms with van der Waals surface area (Å²) in [6, 6.07) is 9.44. The lowest BCUT2D eigenvalue weighted by molar-refractivity contribution is -0.138. The van der Waals surface area contributed by atoms with Crippen molar-refractivity contribution in [2.24, 2.45) is 0 Å². The molecule has 5 heteroatoms. The Balaban J connectivity index is 2.54. The van der Waals surface area contributed by atoms with Gasteiger partial charge in [0.05, 0.1) is 5.56 Å². The number of carbonyl (C=O) groups excluding carboxylic acids is 1. The zero-order valence-corrected chi connectivity index (χ0v) is 9.61. The normalized spacial score (nSPS) is 11.3. The summed E-state index contributed by atoms with van der Waals surface area (Å²) in [5.41, 5.74) is 0.0459. The van der Waals surface area contributed by atoms with E-state index in [1.54, 1.807) is 18.2 Å². The number of rotatable bonds is 2. The first-order valence-electron chi connectivity index (χ1n) is 5.37. The van der Waals surface area contributed by atoms with Gasteiger partial charge in [0.2, 0.25) is 0 Å². The minimum Gasteiger partial charge on any atom is -0.507 e. The molecule has 0 aliphatic heterocycles. The standard InChI is InChI=1S/C14H9F3O2/c15-14(16,17)12-7-11(4-5-13(12)19)10-3-1-2-9(6-10)8-18/h1-8,19H. The lowest BCUT2D eigenvalue weighted by Crippen LogP contribution is -2.05. The smallest absolute Gasteiger partial charge is 0.419 e. The van der Waals surface area contributed by atoms with Crippen LogP contribution in [0.2, 0.25) is 0 Å². The molecule has 0 radical (unpaired) electrons. The van der Waals surface area contributed by atoms with E-state index < -0.39 is 17.5 Å². The SMILES string of the molecule is O=Cc1cccc(-c2ccc(O)c(C(F)(F)F)c2)c1. The van der Waals surface area contributed by atoms with Gasteiger partial charge in [0.25, 0.3) is 0 Å². The van der Waals surface area contributed by atoms with Gasteiger partial charge < -0.3 is 5.11 Å². The lowest BCUT2D eigenvalue weighted by Gasteiger charge is -2.11. The Morgan fingerprint density at radius 2 is 1.68 bits per heavy atom. The van der Waals surface area contributed by atoms with Crippen LogP contribution in [0.3, 0.4) is 0 Å². The van der Waals surface area contributed by atoms with Gasteiger partial charge in [-0.3, -0.25) is 4.79 Å². The topological polar surface area (TPSA) is 37.3 Å². The molecule has 0 aliphatic rings. The van der Waals surface area contributed by atoms with Crippen LogP contribution in [0.25, 0.3) is 11.1 Å². The maximum atomic E-state index is 12.7. The third-order valence-corrected chi connectivity index (χ3v) is 2.66. The molecule has 0 atom stereocenters. The first-order chi connectivity index (χ1) is 8.91. The van der Waals surface area contributed by atoms with Crippen LogP contribution in [-0.4, -0.2) is 11.4 Å². The van der Waals surface area contributed by atoms with E-state index in [9.17, 15) is 23.1 Å². The highest BCUT2D eigenvalue weighted by molar-refractivity contribution is 5.79. The van der Waals surface area contributed by atoms with Crippen LogP contribution in [-0.2, 0) is 6.18 Å². The van der Waals surface area contributed by atoms with Gasteiger partial charge in [-0.2, -0.15) is 13.2 Å². The summed E-state index contributed by atoms with van der Waals surface area (Å²) in [6.07, 6.45) is -4.00. The lowest BCUT2D eigenvalue weighted by atomic mass is 10.0. The third kappa shape index (κ3) is 2.76. The van der Waals surface area contributed by atoms with Crippen molar-refractivity contribution in [3.63, 3.8) is 0 Å². The second-order valence-electron chi connectivity index (χ2n) is 3.97. The summed E-state index contributed by atoms with van der Waals surface area (Å²) in [4.78, 5) is 10.7.